The second-order valence-electron chi connectivity index (χ2n) is 6.54. The molecule has 1 unspecified atom stereocenters. The summed E-state index contributed by atoms with van der Waals surface area (Å²) in [5.41, 5.74) is 0.422. The number of nitrogens with zero attached hydrogens (tertiary/aromatic N) is 2. The van der Waals surface area contributed by atoms with Crippen LogP contribution in [0.2, 0.25) is 0 Å². The van der Waals surface area contributed by atoms with Gasteiger partial charge >= 0.3 is 5.97 Å². The van der Waals surface area contributed by atoms with Crippen LogP contribution in [-0.2, 0) is 14.3 Å². The van der Waals surface area contributed by atoms with E-state index in [1.165, 1.54) is 31.4 Å². The van der Waals surface area contributed by atoms with Gasteiger partial charge in [-0.15, -0.1) is 0 Å². The Morgan fingerprint density at radius 1 is 1.27 bits per heavy atom. The lowest BCUT2D eigenvalue weighted by molar-refractivity contribution is -0.141. The summed E-state index contributed by atoms with van der Waals surface area (Å²) in [6.45, 7) is 1.42. The van der Waals surface area contributed by atoms with Crippen molar-refractivity contribution in [2.45, 2.75) is 25.7 Å². The van der Waals surface area contributed by atoms with Gasteiger partial charge in [-0.2, -0.15) is 0 Å². The molecule has 0 spiro atoms. The number of hydrogen-bond donors (Lipinski definition) is 0. The predicted octanol–water partition coefficient (Wildman–Crippen LogP) is 2.09. The Hall–Kier alpha value is -2.44. The largest absolute Gasteiger partial charge is 0.469 e. The SMILES string of the molecule is COC(=O)CCCN(C)C(=O)C1CCCN(C(=O)c2ccc(F)cc2)C1. The fourth-order valence-electron chi connectivity index (χ4n) is 3.12. The van der Waals surface area contributed by atoms with Gasteiger partial charge in [0.05, 0.1) is 13.0 Å². The Morgan fingerprint density at radius 3 is 2.62 bits per heavy atom. The van der Waals surface area contributed by atoms with Gasteiger partial charge in [-0.3, -0.25) is 14.4 Å². The molecule has 0 bridgehead atoms. The molecule has 1 aromatic carbocycles. The molecule has 26 heavy (non-hydrogen) atoms. The van der Waals surface area contributed by atoms with Gasteiger partial charge in [-0.25, -0.2) is 4.39 Å². The van der Waals surface area contributed by atoms with E-state index in [0.717, 1.165) is 12.8 Å². The Labute approximate surface area is 152 Å². The lowest BCUT2D eigenvalue weighted by atomic mass is 9.96. The van der Waals surface area contributed by atoms with Crippen LogP contribution in [0.15, 0.2) is 24.3 Å². The molecule has 0 N–H and O–H groups in total. The monoisotopic (exact) mass is 364 g/mol. The second-order valence-corrected chi connectivity index (χ2v) is 6.54. The minimum atomic E-state index is -0.387. The van der Waals surface area contributed by atoms with E-state index >= 15 is 0 Å². The second kappa shape index (κ2) is 9.31. The molecule has 6 nitrogen and oxygen atoms in total. The third kappa shape index (κ3) is 5.28. The van der Waals surface area contributed by atoms with Crippen molar-refractivity contribution in [3.63, 3.8) is 0 Å². The lowest BCUT2D eigenvalue weighted by Gasteiger charge is -2.34. The third-order valence-electron chi connectivity index (χ3n) is 4.63. The van der Waals surface area contributed by atoms with Gasteiger partial charge in [0.15, 0.2) is 0 Å². The van der Waals surface area contributed by atoms with Gasteiger partial charge in [-0.1, -0.05) is 0 Å². The molecule has 0 saturated carbocycles. The van der Waals surface area contributed by atoms with Crippen molar-refractivity contribution >= 4 is 17.8 Å². The van der Waals surface area contributed by atoms with Gasteiger partial charge in [-0.05, 0) is 43.5 Å². The summed E-state index contributed by atoms with van der Waals surface area (Å²) in [5, 5.41) is 0. The Bertz CT molecular complexity index is 647. The van der Waals surface area contributed by atoms with E-state index in [1.807, 2.05) is 0 Å². The molecule has 0 aliphatic carbocycles. The normalized spacial score (nSPS) is 16.9. The summed E-state index contributed by atoms with van der Waals surface area (Å²) in [6, 6.07) is 5.44. The van der Waals surface area contributed by atoms with Crippen LogP contribution in [0.25, 0.3) is 0 Å². The van der Waals surface area contributed by atoms with Crippen molar-refractivity contribution < 1.29 is 23.5 Å². The fourth-order valence-corrected chi connectivity index (χ4v) is 3.12. The molecule has 1 atom stereocenters. The maximum Gasteiger partial charge on any atom is 0.305 e. The molecule has 1 saturated heterocycles. The molecule has 1 fully saturated rings. The van der Waals surface area contributed by atoms with Gasteiger partial charge in [0.25, 0.3) is 5.91 Å². The molecule has 142 valence electrons. The number of methoxy groups -OCH3 is 1. The summed E-state index contributed by atoms with van der Waals surface area (Å²) in [6.07, 6.45) is 2.29. The van der Waals surface area contributed by atoms with Crippen LogP contribution in [-0.4, -0.2) is 61.4 Å². The third-order valence-corrected chi connectivity index (χ3v) is 4.63. The number of rotatable bonds is 6. The van der Waals surface area contributed by atoms with E-state index in [9.17, 15) is 18.8 Å². The maximum atomic E-state index is 13.0. The number of likely N-dealkylation sites (tertiary alicyclic amines) is 1. The molecule has 2 amide bonds. The topological polar surface area (TPSA) is 66.9 Å². The van der Waals surface area contributed by atoms with Crippen molar-refractivity contribution in [2.75, 3.05) is 33.8 Å². The maximum absolute atomic E-state index is 13.0. The molecule has 0 aromatic heterocycles. The first-order valence-corrected chi connectivity index (χ1v) is 8.79. The van der Waals surface area contributed by atoms with E-state index in [0.29, 0.717) is 31.6 Å². The summed E-state index contributed by atoms with van der Waals surface area (Å²) in [5.74, 6) is -1.14. The van der Waals surface area contributed by atoms with Crippen molar-refractivity contribution in [1.29, 1.82) is 0 Å². The van der Waals surface area contributed by atoms with Crippen molar-refractivity contribution in [2.24, 2.45) is 5.92 Å². The molecule has 1 heterocycles. The zero-order valence-electron chi connectivity index (χ0n) is 15.2. The fraction of sp³-hybridized carbons (Fsp3) is 0.526. The highest BCUT2D eigenvalue weighted by Gasteiger charge is 2.30. The first-order chi connectivity index (χ1) is 12.4. The van der Waals surface area contributed by atoms with Gasteiger partial charge < -0.3 is 14.5 Å². The van der Waals surface area contributed by atoms with E-state index in [-0.39, 0.29) is 35.9 Å². The minimum absolute atomic E-state index is 0.0218. The number of carbonyl (C=O) groups is 3. The average molecular weight is 364 g/mol. The smallest absolute Gasteiger partial charge is 0.305 e. The zero-order chi connectivity index (χ0) is 19.1. The minimum Gasteiger partial charge on any atom is -0.469 e. The summed E-state index contributed by atoms with van der Waals surface area (Å²) in [4.78, 5) is 39.6. The molecular formula is C19H25FN2O4. The lowest BCUT2D eigenvalue weighted by Crippen LogP contribution is -2.46. The predicted molar refractivity (Wildman–Crippen MR) is 93.9 cm³/mol. The van der Waals surface area contributed by atoms with Crippen LogP contribution in [0.4, 0.5) is 4.39 Å². The first kappa shape index (κ1) is 19.9. The number of hydrogen-bond acceptors (Lipinski definition) is 4. The molecule has 1 aliphatic rings. The quantitative estimate of drug-likeness (QED) is 0.725. The van der Waals surface area contributed by atoms with Crippen LogP contribution in [0, 0.1) is 11.7 Å². The summed E-state index contributed by atoms with van der Waals surface area (Å²) < 4.78 is 17.6. The number of esters is 1. The van der Waals surface area contributed by atoms with Gasteiger partial charge in [0, 0.05) is 38.7 Å². The number of carbonyl (C=O) groups excluding carboxylic acids is 3. The standard InChI is InChI=1S/C19H25FN2O4/c1-21(11-4-6-17(23)26-2)18(24)15-5-3-12-22(13-15)19(25)14-7-9-16(20)10-8-14/h7-10,15H,3-6,11-13H2,1-2H3. The van der Waals surface area contributed by atoms with Gasteiger partial charge in [0.2, 0.25) is 5.91 Å². The Morgan fingerprint density at radius 2 is 1.96 bits per heavy atom. The van der Waals surface area contributed by atoms with Crippen molar-refractivity contribution in [3.05, 3.63) is 35.6 Å². The van der Waals surface area contributed by atoms with E-state index in [1.54, 1.807) is 16.8 Å². The highest BCUT2D eigenvalue weighted by molar-refractivity contribution is 5.94. The Kier molecular flexibility index (Phi) is 7.12. The number of ether oxygens (including phenoxy) is 1. The first-order valence-electron chi connectivity index (χ1n) is 8.79. The number of piperidine rings is 1. The van der Waals surface area contributed by atoms with E-state index < -0.39 is 0 Å². The molecule has 1 aliphatic heterocycles. The summed E-state index contributed by atoms with van der Waals surface area (Å²) >= 11 is 0. The van der Waals surface area contributed by atoms with Crippen LogP contribution in [0.1, 0.15) is 36.0 Å². The number of halogens is 1. The van der Waals surface area contributed by atoms with Crippen LogP contribution >= 0.6 is 0 Å². The summed E-state index contributed by atoms with van der Waals surface area (Å²) in [7, 11) is 3.05. The van der Waals surface area contributed by atoms with Crippen molar-refractivity contribution in [3.8, 4) is 0 Å². The Balaban J connectivity index is 1.90. The zero-order valence-corrected chi connectivity index (χ0v) is 15.2. The molecule has 0 radical (unpaired) electrons. The van der Waals surface area contributed by atoms with E-state index in [2.05, 4.69) is 4.74 Å². The molecule has 1 aromatic rings. The highest BCUT2D eigenvalue weighted by Crippen LogP contribution is 2.21. The number of amides is 2. The molecule has 7 heteroatoms. The van der Waals surface area contributed by atoms with Crippen LogP contribution < -0.4 is 0 Å². The average Bonchev–Trinajstić information content (AvgIpc) is 2.67. The van der Waals surface area contributed by atoms with E-state index in [4.69, 9.17) is 0 Å². The molecular weight excluding hydrogens is 339 g/mol. The highest BCUT2D eigenvalue weighted by atomic mass is 19.1. The number of benzene rings is 1. The van der Waals surface area contributed by atoms with Crippen LogP contribution in [0.5, 0.6) is 0 Å². The van der Waals surface area contributed by atoms with Gasteiger partial charge in [0.1, 0.15) is 5.82 Å². The molecule has 2 rings (SSSR count). The van der Waals surface area contributed by atoms with Crippen molar-refractivity contribution in [1.82, 2.24) is 9.80 Å². The van der Waals surface area contributed by atoms with Crippen LogP contribution in [0.3, 0.4) is 0 Å².